The number of amides is 2. The highest BCUT2D eigenvalue weighted by Crippen LogP contribution is 2.34. The minimum atomic E-state index is -2.02. The summed E-state index contributed by atoms with van der Waals surface area (Å²) >= 11 is 0. The molecule has 13 nitrogen and oxygen atoms in total. The van der Waals surface area contributed by atoms with Gasteiger partial charge in [-0.1, -0.05) is 19.9 Å². The fraction of sp³-hybridized carbons (Fsp3) is 0.370. The van der Waals surface area contributed by atoms with Gasteiger partial charge in [-0.05, 0) is 52.8 Å². The molecule has 0 aliphatic carbocycles. The van der Waals surface area contributed by atoms with E-state index in [4.69, 9.17) is 4.74 Å². The number of rotatable bonds is 10. The van der Waals surface area contributed by atoms with Crippen LogP contribution >= 0.6 is 0 Å². The molecule has 3 heterocycles. The highest BCUT2D eigenvalue weighted by Gasteiger charge is 2.48. The number of aromatic nitrogens is 7. The van der Waals surface area contributed by atoms with Gasteiger partial charge < -0.3 is 27.2 Å². The maximum atomic E-state index is 15.2. The number of nitrogens with zero attached hydrogens (tertiary/aromatic N) is 9. The third kappa shape index (κ3) is 6.46. The first-order valence-corrected chi connectivity index (χ1v) is 13.2. The van der Waals surface area contributed by atoms with Crippen LogP contribution in [0.2, 0.25) is 0 Å². The van der Waals surface area contributed by atoms with E-state index in [1.807, 2.05) is 0 Å². The minimum absolute atomic E-state index is 0. The van der Waals surface area contributed by atoms with Gasteiger partial charge in [0.25, 0.3) is 6.33 Å². The Kier molecular flexibility index (Phi) is 9.35. The molecule has 0 spiro atoms. The zero-order valence-electron chi connectivity index (χ0n) is 23.6. The molecule has 2 aromatic heterocycles. The van der Waals surface area contributed by atoms with E-state index in [1.165, 1.54) is 43.9 Å². The third-order valence-electron chi connectivity index (χ3n) is 7.23. The van der Waals surface area contributed by atoms with Crippen LogP contribution in [0.3, 0.4) is 0 Å². The Labute approximate surface area is 251 Å². The van der Waals surface area contributed by atoms with Gasteiger partial charge >= 0.3 is 12.0 Å². The first-order chi connectivity index (χ1) is 20.1. The number of esters is 1. The molecule has 228 valence electrons. The van der Waals surface area contributed by atoms with Gasteiger partial charge in [-0.25, -0.2) is 18.3 Å². The molecule has 0 bridgehead atoms. The number of aliphatic hydroxyl groups is 1. The summed E-state index contributed by atoms with van der Waals surface area (Å²) in [6, 6.07) is 8.58. The molecule has 0 unspecified atom stereocenters. The van der Waals surface area contributed by atoms with Crippen molar-refractivity contribution in [3.63, 3.8) is 0 Å². The molecule has 16 heteroatoms. The van der Waals surface area contributed by atoms with E-state index in [0.717, 1.165) is 6.07 Å². The van der Waals surface area contributed by atoms with Crippen molar-refractivity contribution in [1.29, 1.82) is 0 Å². The Morgan fingerprint density at radius 2 is 1.81 bits per heavy atom. The summed E-state index contributed by atoms with van der Waals surface area (Å²) in [4.78, 5) is 28.4. The molecular weight excluding hydrogens is 588 g/mol. The van der Waals surface area contributed by atoms with Crippen LogP contribution in [0.5, 0.6) is 0 Å². The number of urea groups is 1. The minimum Gasteiger partial charge on any atom is -1.00 e. The predicted octanol–water partition coefficient (Wildman–Crippen LogP) is -1.20. The van der Waals surface area contributed by atoms with Crippen LogP contribution in [0.4, 0.5) is 19.3 Å². The normalized spacial score (nSPS) is 15.4. The first-order valence-electron chi connectivity index (χ1n) is 13.2. The number of hydrogen-bond donors (Lipinski definition) is 1. The quantitative estimate of drug-likeness (QED) is 0.173. The second kappa shape index (κ2) is 12.8. The van der Waals surface area contributed by atoms with Crippen LogP contribution in [-0.4, -0.2) is 71.0 Å². The number of hydrogen-bond acceptors (Lipinski definition) is 8. The molecule has 1 N–H and O–H groups in total. The highest BCUT2D eigenvalue weighted by molar-refractivity contribution is 5.94. The van der Waals surface area contributed by atoms with E-state index in [0.29, 0.717) is 24.0 Å². The number of ether oxygens (including phenoxy) is 1. The molecule has 2 aromatic carbocycles. The van der Waals surface area contributed by atoms with Crippen LogP contribution in [0.15, 0.2) is 61.4 Å². The molecular formula is C27H30ClF2N9O4. The first kappa shape index (κ1) is 31.4. The maximum Gasteiger partial charge on any atom is 0.324 e. The molecule has 1 aliphatic rings. The Morgan fingerprint density at radius 3 is 2.47 bits per heavy atom. The van der Waals surface area contributed by atoms with Crippen molar-refractivity contribution in [2.24, 2.45) is 5.92 Å². The van der Waals surface area contributed by atoms with Crippen LogP contribution < -0.4 is 22.0 Å². The monoisotopic (exact) mass is 617 g/mol. The number of benzene rings is 2. The smallest absolute Gasteiger partial charge is 0.324 e. The number of anilines is 1. The van der Waals surface area contributed by atoms with E-state index < -0.39 is 35.3 Å². The SMILES string of the molecule is CC(C)C(=O)OCn1cn[n+](C[C@](O)(c2ccc(F)cc2F)[C@@H](C)N2CCN(c3ccc(-n4cnnn4)cc3)C2=O)c1.[Cl-]. The van der Waals surface area contributed by atoms with Crippen LogP contribution in [0, 0.1) is 17.6 Å². The number of halogens is 3. The van der Waals surface area contributed by atoms with Crippen molar-refractivity contribution < 1.29 is 45.3 Å². The summed E-state index contributed by atoms with van der Waals surface area (Å²) in [5, 5.41) is 27.4. The molecule has 2 atom stereocenters. The standard InChI is InChI=1S/C27H30F2N9O4.ClH/c1-18(2)25(39)42-17-34-15-31-35(16-34)13-27(41,23-9-4-20(28)12-24(23)29)19(3)36-10-11-37(26(36)40)21-5-7-22(8-6-21)38-14-30-32-33-38;/h4-9,12,14-16,18-19,41H,10-11,13,17H2,1-3H3;1H/q+1;/p-1/t19-,27-;/m1./s1. The molecule has 5 rings (SSSR count). The predicted molar refractivity (Wildman–Crippen MR) is 142 cm³/mol. The largest absolute Gasteiger partial charge is 1.00 e. The molecule has 1 aliphatic heterocycles. The van der Waals surface area contributed by atoms with Gasteiger partial charge in [0.15, 0.2) is 5.60 Å². The van der Waals surface area contributed by atoms with E-state index in [9.17, 15) is 19.1 Å². The molecule has 43 heavy (non-hydrogen) atoms. The molecule has 4 aromatic rings. The lowest BCUT2D eigenvalue weighted by Gasteiger charge is -2.38. The van der Waals surface area contributed by atoms with Crippen molar-refractivity contribution in [2.45, 2.75) is 45.7 Å². The third-order valence-corrected chi connectivity index (χ3v) is 7.23. The lowest BCUT2D eigenvalue weighted by Crippen LogP contribution is -3.00. The highest BCUT2D eigenvalue weighted by atomic mass is 35.5. The lowest BCUT2D eigenvalue weighted by atomic mass is 9.85. The molecule has 2 amide bonds. The van der Waals surface area contributed by atoms with Gasteiger partial charge in [0.1, 0.15) is 24.5 Å². The van der Waals surface area contributed by atoms with E-state index in [2.05, 4.69) is 20.6 Å². The zero-order chi connectivity index (χ0) is 30.0. The molecule has 0 saturated carbocycles. The molecule has 1 fully saturated rings. The van der Waals surface area contributed by atoms with E-state index in [1.54, 1.807) is 49.9 Å². The van der Waals surface area contributed by atoms with Gasteiger partial charge in [0, 0.05) is 30.4 Å². The second-order valence-corrected chi connectivity index (χ2v) is 10.3. The Hall–Kier alpha value is -4.50. The van der Waals surface area contributed by atoms with Crippen molar-refractivity contribution in [3.8, 4) is 5.69 Å². The Balaban J connectivity index is 0.00000423. The van der Waals surface area contributed by atoms with Crippen LogP contribution in [-0.2, 0) is 28.4 Å². The second-order valence-electron chi connectivity index (χ2n) is 10.3. The van der Waals surface area contributed by atoms with Gasteiger partial charge in [-0.2, -0.15) is 4.57 Å². The van der Waals surface area contributed by atoms with Crippen molar-refractivity contribution in [1.82, 2.24) is 34.8 Å². The number of carbonyl (C=O) groups excluding carboxylic acids is 2. The topological polar surface area (TPSA) is 135 Å². The lowest BCUT2D eigenvalue weighted by molar-refractivity contribution is -0.765. The van der Waals surface area contributed by atoms with Crippen molar-refractivity contribution in [2.75, 3.05) is 18.0 Å². The fourth-order valence-corrected chi connectivity index (χ4v) is 4.82. The summed E-state index contributed by atoms with van der Waals surface area (Å²) in [7, 11) is 0. The zero-order valence-corrected chi connectivity index (χ0v) is 24.3. The molecule has 1 saturated heterocycles. The Bertz CT molecular complexity index is 1570. The summed E-state index contributed by atoms with van der Waals surface area (Å²) in [5.41, 5.74) is -0.891. The van der Waals surface area contributed by atoms with Crippen molar-refractivity contribution >= 4 is 17.7 Å². The summed E-state index contributed by atoms with van der Waals surface area (Å²) in [6.07, 6.45) is 4.33. The Morgan fingerprint density at radius 1 is 1.09 bits per heavy atom. The van der Waals surface area contributed by atoms with Gasteiger partial charge in [-0.15, -0.1) is 9.78 Å². The van der Waals surface area contributed by atoms with Crippen LogP contribution in [0.1, 0.15) is 26.3 Å². The van der Waals surface area contributed by atoms with E-state index >= 15 is 4.39 Å². The number of carbonyl (C=O) groups is 2. The van der Waals surface area contributed by atoms with Crippen LogP contribution in [0.25, 0.3) is 5.69 Å². The summed E-state index contributed by atoms with van der Waals surface area (Å²) in [6.45, 7) is 5.19. The van der Waals surface area contributed by atoms with Gasteiger partial charge in [-0.3, -0.25) is 9.69 Å². The average molecular weight is 618 g/mol. The van der Waals surface area contributed by atoms with Gasteiger partial charge in [0.2, 0.25) is 13.1 Å². The number of tetrazole rings is 1. The fourth-order valence-electron chi connectivity index (χ4n) is 4.82. The molecule has 0 radical (unpaired) electrons. The van der Waals surface area contributed by atoms with Crippen molar-refractivity contribution in [3.05, 3.63) is 78.6 Å². The van der Waals surface area contributed by atoms with Gasteiger partial charge in [0.05, 0.1) is 17.6 Å². The summed E-state index contributed by atoms with van der Waals surface area (Å²) in [5.74, 6) is -2.47. The summed E-state index contributed by atoms with van der Waals surface area (Å²) < 4.78 is 38.5. The maximum absolute atomic E-state index is 15.2. The average Bonchev–Trinajstić information content (AvgIpc) is 3.73. The van der Waals surface area contributed by atoms with E-state index in [-0.39, 0.29) is 43.7 Å².